The first-order valence-corrected chi connectivity index (χ1v) is 6.31. The van der Waals surface area contributed by atoms with E-state index < -0.39 is 0 Å². The fourth-order valence-corrected chi connectivity index (χ4v) is 3.07. The number of rotatable bonds is 1. The fourth-order valence-electron chi connectivity index (χ4n) is 2.86. The maximum absolute atomic E-state index is 8.85. The number of nitriles is 1. The van der Waals surface area contributed by atoms with Crippen LogP contribution in [0.2, 0.25) is 5.02 Å². The SMILES string of the molecule is N#Cc1ccc(N2CC3CNCC3C2)cc1Cl. The van der Waals surface area contributed by atoms with Gasteiger partial charge >= 0.3 is 0 Å². The minimum atomic E-state index is 0.552. The summed E-state index contributed by atoms with van der Waals surface area (Å²) in [5.41, 5.74) is 1.69. The smallest absolute Gasteiger partial charge is 0.101 e. The Morgan fingerprint density at radius 3 is 2.59 bits per heavy atom. The van der Waals surface area contributed by atoms with Gasteiger partial charge in [0.1, 0.15) is 6.07 Å². The lowest BCUT2D eigenvalue weighted by Gasteiger charge is -2.20. The summed E-state index contributed by atoms with van der Waals surface area (Å²) in [7, 11) is 0. The van der Waals surface area contributed by atoms with Gasteiger partial charge in [-0.3, -0.25) is 0 Å². The van der Waals surface area contributed by atoms with Crippen LogP contribution >= 0.6 is 11.6 Å². The Hall–Kier alpha value is -1.24. The van der Waals surface area contributed by atoms with E-state index in [0.717, 1.165) is 43.7 Å². The molecule has 1 aromatic carbocycles. The first-order valence-electron chi connectivity index (χ1n) is 5.93. The fraction of sp³-hybridized carbons (Fsp3) is 0.462. The van der Waals surface area contributed by atoms with Crippen LogP contribution in [-0.2, 0) is 0 Å². The monoisotopic (exact) mass is 247 g/mol. The van der Waals surface area contributed by atoms with Gasteiger partial charge in [0.15, 0.2) is 0 Å². The summed E-state index contributed by atoms with van der Waals surface area (Å²) in [6.07, 6.45) is 0. The number of hydrogen-bond donors (Lipinski definition) is 1. The van der Waals surface area contributed by atoms with Gasteiger partial charge in [-0.15, -0.1) is 0 Å². The van der Waals surface area contributed by atoms with E-state index in [4.69, 9.17) is 16.9 Å². The average molecular weight is 248 g/mol. The molecular formula is C13H14ClN3. The van der Waals surface area contributed by atoms with E-state index in [0.29, 0.717) is 10.6 Å². The number of anilines is 1. The van der Waals surface area contributed by atoms with Crippen LogP contribution in [0.3, 0.4) is 0 Å². The standard InChI is InChI=1S/C13H14ClN3/c14-13-3-12(2-1-9(13)4-15)17-7-10-5-16-6-11(10)8-17/h1-3,10-11,16H,5-8H2. The first-order chi connectivity index (χ1) is 8.28. The first kappa shape index (κ1) is 10.9. The molecule has 17 heavy (non-hydrogen) atoms. The van der Waals surface area contributed by atoms with E-state index in [9.17, 15) is 0 Å². The van der Waals surface area contributed by atoms with Gasteiger partial charge in [-0.25, -0.2) is 0 Å². The van der Waals surface area contributed by atoms with Crippen LogP contribution in [0.4, 0.5) is 5.69 Å². The van der Waals surface area contributed by atoms with Crippen molar-refractivity contribution in [2.24, 2.45) is 11.8 Å². The van der Waals surface area contributed by atoms with Crippen LogP contribution in [0, 0.1) is 23.2 Å². The van der Waals surface area contributed by atoms with Gasteiger partial charge in [0.25, 0.3) is 0 Å². The molecule has 3 nitrogen and oxygen atoms in total. The number of nitrogens with zero attached hydrogens (tertiary/aromatic N) is 2. The highest BCUT2D eigenvalue weighted by molar-refractivity contribution is 6.32. The Bertz CT molecular complexity index is 468. The number of hydrogen-bond acceptors (Lipinski definition) is 3. The molecule has 2 aliphatic heterocycles. The van der Waals surface area contributed by atoms with Crippen molar-refractivity contribution < 1.29 is 0 Å². The van der Waals surface area contributed by atoms with Crippen molar-refractivity contribution >= 4 is 17.3 Å². The molecule has 88 valence electrons. The maximum atomic E-state index is 8.85. The van der Waals surface area contributed by atoms with E-state index in [1.54, 1.807) is 0 Å². The van der Waals surface area contributed by atoms with Crippen LogP contribution in [-0.4, -0.2) is 26.2 Å². The minimum Gasteiger partial charge on any atom is -0.371 e. The second kappa shape index (κ2) is 4.21. The lowest BCUT2D eigenvalue weighted by Crippen LogP contribution is -2.25. The molecule has 0 amide bonds. The lowest BCUT2D eigenvalue weighted by molar-refractivity contribution is 0.533. The largest absolute Gasteiger partial charge is 0.371 e. The van der Waals surface area contributed by atoms with Gasteiger partial charge in [-0.05, 0) is 30.0 Å². The molecule has 0 bridgehead atoms. The molecule has 0 spiro atoms. The van der Waals surface area contributed by atoms with Gasteiger partial charge in [-0.1, -0.05) is 11.6 Å². The second-order valence-electron chi connectivity index (χ2n) is 4.86. The van der Waals surface area contributed by atoms with E-state index in [1.165, 1.54) is 0 Å². The van der Waals surface area contributed by atoms with Gasteiger partial charge in [0.05, 0.1) is 10.6 Å². The molecule has 2 fully saturated rings. The molecule has 0 saturated carbocycles. The van der Waals surface area contributed by atoms with Gasteiger partial charge in [-0.2, -0.15) is 5.26 Å². The molecule has 1 N–H and O–H groups in total. The summed E-state index contributed by atoms with van der Waals surface area (Å²) in [5, 5.41) is 12.8. The average Bonchev–Trinajstić information content (AvgIpc) is 2.88. The van der Waals surface area contributed by atoms with Crippen molar-refractivity contribution in [3.63, 3.8) is 0 Å². The topological polar surface area (TPSA) is 39.1 Å². The zero-order valence-corrected chi connectivity index (χ0v) is 10.2. The summed E-state index contributed by atoms with van der Waals surface area (Å²) in [6, 6.07) is 7.81. The second-order valence-corrected chi connectivity index (χ2v) is 5.27. The molecule has 0 aliphatic carbocycles. The Morgan fingerprint density at radius 1 is 1.29 bits per heavy atom. The van der Waals surface area contributed by atoms with Crippen LogP contribution in [0.1, 0.15) is 5.56 Å². The molecule has 0 radical (unpaired) electrons. The highest BCUT2D eigenvalue weighted by atomic mass is 35.5. The third-order valence-corrected chi connectivity index (χ3v) is 4.14. The lowest BCUT2D eigenvalue weighted by atomic mass is 10.0. The van der Waals surface area contributed by atoms with E-state index in [2.05, 4.69) is 16.3 Å². The molecule has 2 heterocycles. The maximum Gasteiger partial charge on any atom is 0.101 e. The van der Waals surface area contributed by atoms with Gasteiger partial charge in [0.2, 0.25) is 0 Å². The van der Waals surface area contributed by atoms with Crippen molar-refractivity contribution in [2.75, 3.05) is 31.1 Å². The molecule has 3 rings (SSSR count). The number of nitrogens with one attached hydrogen (secondary N) is 1. The van der Waals surface area contributed by atoms with Crippen LogP contribution in [0.5, 0.6) is 0 Å². The molecule has 1 aromatic rings. The molecule has 2 unspecified atom stereocenters. The van der Waals surface area contributed by atoms with Crippen molar-refractivity contribution in [2.45, 2.75) is 0 Å². The van der Waals surface area contributed by atoms with E-state index >= 15 is 0 Å². The van der Waals surface area contributed by atoms with E-state index in [-0.39, 0.29) is 0 Å². The van der Waals surface area contributed by atoms with Crippen LogP contribution in [0.15, 0.2) is 18.2 Å². The zero-order valence-electron chi connectivity index (χ0n) is 9.49. The van der Waals surface area contributed by atoms with E-state index in [1.807, 2.05) is 18.2 Å². The summed E-state index contributed by atoms with van der Waals surface area (Å²) < 4.78 is 0. The Morgan fingerprint density at radius 2 is 2.00 bits per heavy atom. The summed E-state index contributed by atoms with van der Waals surface area (Å²) in [6.45, 7) is 4.45. The third kappa shape index (κ3) is 1.88. The quantitative estimate of drug-likeness (QED) is 0.824. The summed E-state index contributed by atoms with van der Waals surface area (Å²) in [5.74, 6) is 1.54. The number of benzene rings is 1. The highest BCUT2D eigenvalue weighted by Crippen LogP contribution is 2.32. The van der Waals surface area contributed by atoms with Crippen molar-refractivity contribution in [1.82, 2.24) is 5.32 Å². The molecule has 2 aliphatic rings. The van der Waals surface area contributed by atoms with Crippen molar-refractivity contribution in [3.05, 3.63) is 28.8 Å². The zero-order chi connectivity index (χ0) is 11.8. The molecule has 2 atom stereocenters. The predicted octanol–water partition coefficient (Wildman–Crippen LogP) is 1.87. The Kier molecular flexibility index (Phi) is 2.70. The minimum absolute atomic E-state index is 0.552. The highest BCUT2D eigenvalue weighted by Gasteiger charge is 2.36. The van der Waals surface area contributed by atoms with Crippen molar-refractivity contribution in [1.29, 1.82) is 5.26 Å². The van der Waals surface area contributed by atoms with Gasteiger partial charge < -0.3 is 10.2 Å². The molecule has 4 heteroatoms. The molecule has 2 saturated heterocycles. The summed E-state index contributed by atoms with van der Waals surface area (Å²) >= 11 is 6.07. The number of fused-ring (bicyclic) bond motifs is 1. The Balaban J connectivity index is 1.82. The van der Waals surface area contributed by atoms with Crippen molar-refractivity contribution in [3.8, 4) is 6.07 Å². The van der Waals surface area contributed by atoms with Crippen LogP contribution < -0.4 is 10.2 Å². The van der Waals surface area contributed by atoms with Gasteiger partial charge in [0, 0.05) is 31.9 Å². The molecular weight excluding hydrogens is 234 g/mol. The Labute approximate surface area is 106 Å². The normalized spacial score (nSPS) is 26.9. The molecule has 0 aromatic heterocycles. The van der Waals surface area contributed by atoms with Crippen LogP contribution in [0.25, 0.3) is 0 Å². The third-order valence-electron chi connectivity index (χ3n) is 3.83. The number of halogens is 1. The predicted molar refractivity (Wildman–Crippen MR) is 68.2 cm³/mol. The summed E-state index contributed by atoms with van der Waals surface area (Å²) in [4.78, 5) is 2.38.